The lowest BCUT2D eigenvalue weighted by atomic mass is 10.1. The summed E-state index contributed by atoms with van der Waals surface area (Å²) in [5.74, 6) is 0. The molecular formula is C23H16N2O2S. The highest BCUT2D eigenvalue weighted by Crippen LogP contribution is 2.32. The lowest BCUT2D eigenvalue weighted by Gasteiger charge is -2.09. The fourth-order valence-corrected chi connectivity index (χ4v) is 4.69. The molecule has 3 aromatic carbocycles. The Morgan fingerprint density at radius 2 is 1.39 bits per heavy atom. The second kappa shape index (κ2) is 6.32. The van der Waals surface area contributed by atoms with Crippen molar-refractivity contribution in [3.63, 3.8) is 0 Å². The molecule has 28 heavy (non-hydrogen) atoms. The standard InChI is InChI=1S/C23H16N2O2S/c26-28(27,18-10-2-1-3-11-18)22-15-16-8-4-6-12-19(16)23(25-22)21-14-17-9-5-7-13-20(17)24-21/h1-15,24H. The summed E-state index contributed by atoms with van der Waals surface area (Å²) < 4.78 is 26.3. The Bertz CT molecular complexity index is 1390. The molecule has 0 amide bonds. The predicted molar refractivity (Wildman–Crippen MR) is 111 cm³/mol. The van der Waals surface area contributed by atoms with Gasteiger partial charge < -0.3 is 4.98 Å². The summed E-state index contributed by atoms with van der Waals surface area (Å²) in [6.07, 6.45) is 0. The number of nitrogens with zero attached hydrogens (tertiary/aromatic N) is 1. The van der Waals surface area contributed by atoms with Gasteiger partial charge in [0.05, 0.1) is 16.3 Å². The lowest BCUT2D eigenvalue weighted by molar-refractivity contribution is 0.592. The first kappa shape index (κ1) is 16.7. The van der Waals surface area contributed by atoms with Crippen molar-refractivity contribution >= 4 is 31.5 Å². The molecule has 4 nitrogen and oxygen atoms in total. The van der Waals surface area contributed by atoms with Gasteiger partial charge in [0.15, 0.2) is 5.03 Å². The summed E-state index contributed by atoms with van der Waals surface area (Å²) in [6.45, 7) is 0. The molecule has 0 aliphatic heterocycles. The number of rotatable bonds is 3. The molecule has 5 rings (SSSR count). The Morgan fingerprint density at radius 3 is 2.18 bits per heavy atom. The highest BCUT2D eigenvalue weighted by molar-refractivity contribution is 7.91. The van der Waals surface area contributed by atoms with Crippen molar-refractivity contribution in [1.82, 2.24) is 9.97 Å². The largest absolute Gasteiger partial charge is 0.353 e. The third-order valence-corrected chi connectivity index (χ3v) is 6.48. The topological polar surface area (TPSA) is 62.8 Å². The molecule has 0 spiro atoms. The SMILES string of the molecule is O=S(=O)(c1ccccc1)c1cc2ccccc2c(-c2cc3ccccc3[nH]2)n1. The number of fused-ring (bicyclic) bond motifs is 2. The van der Waals surface area contributed by atoms with Gasteiger partial charge in [-0.3, -0.25) is 0 Å². The van der Waals surface area contributed by atoms with E-state index in [0.29, 0.717) is 5.69 Å². The van der Waals surface area contributed by atoms with Gasteiger partial charge in [-0.2, -0.15) is 0 Å². The van der Waals surface area contributed by atoms with Crippen molar-refractivity contribution in [1.29, 1.82) is 0 Å². The molecule has 0 aliphatic carbocycles. The number of hydrogen-bond acceptors (Lipinski definition) is 3. The van der Waals surface area contributed by atoms with Crippen molar-refractivity contribution in [3.05, 3.63) is 91.0 Å². The minimum absolute atomic E-state index is 0.0473. The van der Waals surface area contributed by atoms with Crippen LogP contribution in [-0.2, 0) is 9.84 Å². The Labute approximate surface area is 162 Å². The number of hydrogen-bond donors (Lipinski definition) is 1. The molecule has 2 heterocycles. The molecule has 5 heteroatoms. The fraction of sp³-hybridized carbons (Fsp3) is 0. The Hall–Kier alpha value is -3.44. The molecular weight excluding hydrogens is 368 g/mol. The average molecular weight is 384 g/mol. The summed E-state index contributed by atoms with van der Waals surface area (Å²) in [6, 6.07) is 27.7. The van der Waals surface area contributed by atoms with Gasteiger partial charge in [-0.25, -0.2) is 13.4 Å². The second-order valence-corrected chi connectivity index (χ2v) is 8.51. The number of aromatic amines is 1. The smallest absolute Gasteiger partial charge is 0.223 e. The van der Waals surface area contributed by atoms with E-state index in [-0.39, 0.29) is 9.92 Å². The van der Waals surface area contributed by atoms with E-state index in [1.54, 1.807) is 36.4 Å². The molecule has 0 aliphatic rings. The van der Waals surface area contributed by atoms with Crippen molar-refractivity contribution in [2.75, 3.05) is 0 Å². The molecule has 0 fully saturated rings. The average Bonchev–Trinajstić information content (AvgIpc) is 3.17. The van der Waals surface area contributed by atoms with Gasteiger partial charge in [0, 0.05) is 16.3 Å². The van der Waals surface area contributed by atoms with Crippen LogP contribution in [0.2, 0.25) is 0 Å². The maximum Gasteiger partial charge on any atom is 0.223 e. The van der Waals surface area contributed by atoms with Crippen molar-refractivity contribution in [2.45, 2.75) is 9.92 Å². The molecule has 2 aromatic heterocycles. The number of sulfone groups is 1. The second-order valence-electron chi connectivity index (χ2n) is 6.62. The van der Waals surface area contributed by atoms with E-state index in [2.05, 4.69) is 9.97 Å². The molecule has 1 N–H and O–H groups in total. The first-order chi connectivity index (χ1) is 13.6. The monoisotopic (exact) mass is 384 g/mol. The number of H-pyrrole nitrogens is 1. The van der Waals surface area contributed by atoms with Gasteiger partial charge in [-0.1, -0.05) is 60.7 Å². The van der Waals surface area contributed by atoms with Gasteiger partial charge in [0.1, 0.15) is 0 Å². The summed E-state index contributed by atoms with van der Waals surface area (Å²) in [5, 5.41) is 2.84. The molecule has 0 saturated heterocycles. The van der Waals surface area contributed by atoms with E-state index in [4.69, 9.17) is 0 Å². The van der Waals surface area contributed by atoms with E-state index in [1.165, 1.54) is 0 Å². The Morgan fingerprint density at radius 1 is 0.714 bits per heavy atom. The van der Waals surface area contributed by atoms with E-state index >= 15 is 0 Å². The normalized spacial score (nSPS) is 11.9. The van der Waals surface area contributed by atoms with Gasteiger partial charge in [0.25, 0.3) is 0 Å². The molecule has 0 atom stereocenters. The maximum atomic E-state index is 13.2. The first-order valence-electron chi connectivity index (χ1n) is 8.91. The lowest BCUT2D eigenvalue weighted by Crippen LogP contribution is -2.05. The van der Waals surface area contributed by atoms with Crippen molar-refractivity contribution in [3.8, 4) is 11.4 Å². The van der Waals surface area contributed by atoms with Crippen LogP contribution in [0.3, 0.4) is 0 Å². The summed E-state index contributed by atoms with van der Waals surface area (Å²) >= 11 is 0. The van der Waals surface area contributed by atoms with Crippen LogP contribution in [0.25, 0.3) is 33.1 Å². The van der Waals surface area contributed by atoms with Gasteiger partial charge in [-0.05, 0) is 35.7 Å². The molecule has 5 aromatic rings. The number of benzene rings is 3. The molecule has 136 valence electrons. The van der Waals surface area contributed by atoms with E-state index in [0.717, 1.165) is 27.4 Å². The molecule has 0 saturated carbocycles. The number of nitrogens with one attached hydrogen (secondary N) is 1. The van der Waals surface area contributed by atoms with Crippen molar-refractivity contribution < 1.29 is 8.42 Å². The maximum absolute atomic E-state index is 13.2. The Kier molecular flexibility index (Phi) is 3.77. The van der Waals surface area contributed by atoms with Crippen LogP contribution in [0.15, 0.2) is 101 Å². The highest BCUT2D eigenvalue weighted by atomic mass is 32.2. The summed E-state index contributed by atoms with van der Waals surface area (Å²) in [4.78, 5) is 8.20. The summed E-state index contributed by atoms with van der Waals surface area (Å²) in [5.41, 5.74) is 2.41. The Balaban J connectivity index is 1.80. The van der Waals surface area contributed by atoms with E-state index < -0.39 is 9.84 Å². The molecule has 0 unspecified atom stereocenters. The minimum Gasteiger partial charge on any atom is -0.353 e. The summed E-state index contributed by atoms with van der Waals surface area (Å²) in [7, 11) is -3.72. The zero-order valence-electron chi connectivity index (χ0n) is 14.8. The number of aromatic nitrogens is 2. The zero-order chi connectivity index (χ0) is 19.1. The minimum atomic E-state index is -3.72. The molecule has 0 bridgehead atoms. The van der Waals surface area contributed by atoms with Crippen LogP contribution in [0.5, 0.6) is 0 Å². The van der Waals surface area contributed by atoms with Crippen LogP contribution >= 0.6 is 0 Å². The predicted octanol–water partition coefficient (Wildman–Crippen LogP) is 5.22. The van der Waals surface area contributed by atoms with Crippen LogP contribution in [0, 0.1) is 0 Å². The number of pyridine rings is 1. The van der Waals surface area contributed by atoms with Crippen LogP contribution in [0.1, 0.15) is 0 Å². The van der Waals surface area contributed by atoms with Gasteiger partial charge in [0.2, 0.25) is 9.84 Å². The zero-order valence-corrected chi connectivity index (χ0v) is 15.6. The third-order valence-electron chi connectivity index (χ3n) is 4.83. The fourth-order valence-electron chi connectivity index (χ4n) is 3.44. The van der Waals surface area contributed by atoms with Crippen LogP contribution in [0.4, 0.5) is 0 Å². The first-order valence-corrected chi connectivity index (χ1v) is 10.4. The van der Waals surface area contributed by atoms with E-state index in [9.17, 15) is 8.42 Å². The van der Waals surface area contributed by atoms with Crippen molar-refractivity contribution in [2.24, 2.45) is 0 Å². The van der Waals surface area contributed by atoms with Crippen LogP contribution in [-0.4, -0.2) is 18.4 Å². The van der Waals surface area contributed by atoms with Gasteiger partial charge in [-0.15, -0.1) is 0 Å². The quantitative estimate of drug-likeness (QED) is 0.464. The van der Waals surface area contributed by atoms with E-state index in [1.807, 2.05) is 54.6 Å². The third kappa shape index (κ3) is 2.68. The van der Waals surface area contributed by atoms with Crippen LogP contribution < -0.4 is 0 Å². The molecule has 0 radical (unpaired) electrons. The number of para-hydroxylation sites is 1. The highest BCUT2D eigenvalue weighted by Gasteiger charge is 2.22. The van der Waals surface area contributed by atoms with Gasteiger partial charge >= 0.3 is 0 Å².